The van der Waals surface area contributed by atoms with Crippen molar-refractivity contribution in [1.82, 2.24) is 4.90 Å². The molecule has 2 atom stereocenters. The lowest BCUT2D eigenvalue weighted by Gasteiger charge is -2.30. The first kappa shape index (κ1) is 12.0. The van der Waals surface area contributed by atoms with Crippen molar-refractivity contribution in [1.29, 1.82) is 0 Å². The van der Waals surface area contributed by atoms with Crippen molar-refractivity contribution in [3.05, 3.63) is 45.9 Å². The van der Waals surface area contributed by atoms with Crippen LogP contribution in [0.2, 0.25) is 0 Å². The smallest absolute Gasteiger partial charge is 0.131 e. The largest absolute Gasteiger partial charge is 0.366 e. The average Bonchev–Trinajstić information content (AvgIpc) is 2.77. The Kier molecular flexibility index (Phi) is 3.27. The van der Waals surface area contributed by atoms with Gasteiger partial charge in [-0.25, -0.2) is 0 Å². The van der Waals surface area contributed by atoms with E-state index >= 15 is 0 Å². The zero-order valence-electron chi connectivity index (χ0n) is 10.9. The first-order chi connectivity index (χ1) is 8.75. The minimum atomic E-state index is 0.129. The summed E-state index contributed by atoms with van der Waals surface area (Å²) in [6, 6.07) is 2.24. The number of thiophene rings is 1. The van der Waals surface area contributed by atoms with Crippen LogP contribution in [0.25, 0.3) is 0 Å². The third-order valence-electron chi connectivity index (χ3n) is 3.64. The summed E-state index contributed by atoms with van der Waals surface area (Å²) < 4.78 is 6.04. The molecule has 0 saturated carbocycles. The average molecular weight is 261 g/mol. The molecule has 0 radical (unpaired) electrons. The Morgan fingerprint density at radius 3 is 3.22 bits per heavy atom. The fraction of sp³-hybridized carbons (Fsp3) is 0.467. The molecule has 2 aliphatic heterocycles. The summed E-state index contributed by atoms with van der Waals surface area (Å²) >= 11 is 1.82. The maximum absolute atomic E-state index is 6.04. The van der Waals surface area contributed by atoms with Crippen LogP contribution in [0.5, 0.6) is 0 Å². The SMILES string of the molecule is CC1C=C(C2OCCc3ccsc32)N(C)C=CC1. The molecule has 1 aromatic heterocycles. The molecule has 2 unspecified atom stereocenters. The summed E-state index contributed by atoms with van der Waals surface area (Å²) in [6.45, 7) is 3.10. The zero-order valence-corrected chi connectivity index (χ0v) is 11.7. The second-order valence-electron chi connectivity index (χ2n) is 5.11. The molecule has 3 heteroatoms. The van der Waals surface area contributed by atoms with Crippen LogP contribution in [0.4, 0.5) is 0 Å². The first-order valence-corrected chi connectivity index (χ1v) is 7.42. The van der Waals surface area contributed by atoms with Crippen LogP contribution in [-0.4, -0.2) is 18.6 Å². The third-order valence-corrected chi connectivity index (χ3v) is 4.65. The van der Waals surface area contributed by atoms with Gasteiger partial charge in [-0.05, 0) is 42.0 Å². The van der Waals surface area contributed by atoms with Crippen molar-refractivity contribution < 1.29 is 4.74 Å². The second-order valence-corrected chi connectivity index (χ2v) is 6.06. The highest BCUT2D eigenvalue weighted by atomic mass is 32.1. The van der Waals surface area contributed by atoms with Crippen LogP contribution < -0.4 is 0 Å². The van der Waals surface area contributed by atoms with Crippen molar-refractivity contribution in [3.63, 3.8) is 0 Å². The highest BCUT2D eigenvalue weighted by Crippen LogP contribution is 2.38. The summed E-state index contributed by atoms with van der Waals surface area (Å²) in [5, 5.41) is 2.18. The van der Waals surface area contributed by atoms with E-state index in [1.807, 2.05) is 11.3 Å². The van der Waals surface area contributed by atoms with Gasteiger partial charge in [0, 0.05) is 17.6 Å². The minimum absolute atomic E-state index is 0.129. The number of hydrogen-bond donors (Lipinski definition) is 0. The monoisotopic (exact) mass is 261 g/mol. The lowest BCUT2D eigenvalue weighted by atomic mass is 10.0. The zero-order chi connectivity index (χ0) is 12.5. The van der Waals surface area contributed by atoms with Gasteiger partial charge < -0.3 is 9.64 Å². The summed E-state index contributed by atoms with van der Waals surface area (Å²) in [5.41, 5.74) is 2.76. The van der Waals surface area contributed by atoms with Crippen molar-refractivity contribution in [2.75, 3.05) is 13.7 Å². The third kappa shape index (κ3) is 2.13. The van der Waals surface area contributed by atoms with Crippen molar-refractivity contribution in [2.45, 2.75) is 25.9 Å². The van der Waals surface area contributed by atoms with Crippen LogP contribution in [0.15, 0.2) is 35.5 Å². The number of hydrogen-bond acceptors (Lipinski definition) is 3. The van der Waals surface area contributed by atoms with Crippen LogP contribution >= 0.6 is 11.3 Å². The van der Waals surface area contributed by atoms with Gasteiger partial charge in [-0.3, -0.25) is 0 Å². The summed E-state index contributed by atoms with van der Waals surface area (Å²) in [7, 11) is 2.12. The van der Waals surface area contributed by atoms with E-state index in [0.717, 1.165) is 19.4 Å². The van der Waals surface area contributed by atoms with Gasteiger partial charge in [0.15, 0.2) is 0 Å². The standard InChI is InChI=1S/C15H19NOS/c1-11-4-3-7-16(2)13(10-11)14-15-12(5-8-17-14)6-9-18-15/h3,6-7,9-11,14H,4-5,8H2,1-2H3. The molecule has 2 nitrogen and oxygen atoms in total. The topological polar surface area (TPSA) is 12.5 Å². The molecule has 0 aromatic carbocycles. The second kappa shape index (κ2) is 4.90. The summed E-state index contributed by atoms with van der Waals surface area (Å²) in [6.07, 6.45) is 9.06. The van der Waals surface area contributed by atoms with Gasteiger partial charge in [0.2, 0.25) is 0 Å². The van der Waals surface area contributed by atoms with E-state index < -0.39 is 0 Å². The number of nitrogens with zero attached hydrogens (tertiary/aromatic N) is 1. The molecule has 0 bridgehead atoms. The fourth-order valence-corrected chi connectivity index (χ4v) is 3.65. The molecule has 0 amide bonds. The normalized spacial score (nSPS) is 27.7. The van der Waals surface area contributed by atoms with Crippen molar-refractivity contribution >= 4 is 11.3 Å². The molecule has 0 spiro atoms. The van der Waals surface area contributed by atoms with Gasteiger partial charge in [-0.2, -0.15) is 0 Å². The fourth-order valence-electron chi connectivity index (χ4n) is 2.64. The van der Waals surface area contributed by atoms with E-state index in [9.17, 15) is 0 Å². The van der Waals surface area contributed by atoms with E-state index in [-0.39, 0.29) is 6.10 Å². The lowest BCUT2D eigenvalue weighted by Crippen LogP contribution is -2.23. The van der Waals surface area contributed by atoms with Gasteiger partial charge in [-0.15, -0.1) is 11.3 Å². The molecule has 0 aliphatic carbocycles. The predicted octanol–water partition coefficient (Wildman–Crippen LogP) is 3.73. The predicted molar refractivity (Wildman–Crippen MR) is 75.5 cm³/mol. The van der Waals surface area contributed by atoms with Crippen LogP contribution in [0.3, 0.4) is 0 Å². The van der Waals surface area contributed by atoms with Crippen LogP contribution in [0.1, 0.15) is 29.9 Å². The van der Waals surface area contributed by atoms with Crippen LogP contribution in [-0.2, 0) is 11.2 Å². The molecular formula is C15H19NOS. The van der Waals surface area contributed by atoms with Gasteiger partial charge in [0.1, 0.15) is 6.10 Å². The van der Waals surface area contributed by atoms with E-state index in [1.165, 1.54) is 16.1 Å². The van der Waals surface area contributed by atoms with E-state index in [0.29, 0.717) is 5.92 Å². The van der Waals surface area contributed by atoms with Gasteiger partial charge in [0.25, 0.3) is 0 Å². The number of likely N-dealkylation sites (N-methyl/N-ethyl adjacent to an activating group) is 1. The molecule has 3 heterocycles. The maximum Gasteiger partial charge on any atom is 0.131 e. The summed E-state index contributed by atoms with van der Waals surface area (Å²) in [5.74, 6) is 0.579. The molecule has 96 valence electrons. The minimum Gasteiger partial charge on any atom is -0.366 e. The first-order valence-electron chi connectivity index (χ1n) is 6.55. The van der Waals surface area contributed by atoms with Gasteiger partial charge in [0.05, 0.1) is 6.61 Å². The quantitative estimate of drug-likeness (QED) is 0.763. The Bertz CT molecular complexity index is 488. The van der Waals surface area contributed by atoms with E-state index in [2.05, 4.69) is 48.7 Å². The van der Waals surface area contributed by atoms with E-state index in [4.69, 9.17) is 4.74 Å². The molecular weight excluding hydrogens is 242 g/mol. The Labute approximate surface area is 113 Å². The molecule has 0 N–H and O–H groups in total. The maximum atomic E-state index is 6.04. The Hall–Kier alpha value is -1.06. The van der Waals surface area contributed by atoms with Crippen molar-refractivity contribution in [2.24, 2.45) is 5.92 Å². The highest BCUT2D eigenvalue weighted by molar-refractivity contribution is 7.10. The van der Waals surface area contributed by atoms with Crippen LogP contribution in [0, 0.1) is 5.92 Å². The molecule has 3 rings (SSSR count). The Balaban J connectivity index is 1.98. The van der Waals surface area contributed by atoms with Gasteiger partial charge >= 0.3 is 0 Å². The molecule has 2 aliphatic rings. The van der Waals surface area contributed by atoms with E-state index in [1.54, 1.807) is 0 Å². The molecule has 18 heavy (non-hydrogen) atoms. The summed E-state index contributed by atoms with van der Waals surface area (Å²) in [4.78, 5) is 3.60. The number of fused-ring (bicyclic) bond motifs is 1. The highest BCUT2D eigenvalue weighted by Gasteiger charge is 2.28. The number of ether oxygens (including phenoxy) is 1. The molecule has 0 fully saturated rings. The number of allylic oxidation sites excluding steroid dienone is 2. The van der Waals surface area contributed by atoms with Crippen molar-refractivity contribution in [3.8, 4) is 0 Å². The molecule has 0 saturated heterocycles. The Morgan fingerprint density at radius 2 is 2.33 bits per heavy atom. The number of rotatable bonds is 1. The Morgan fingerprint density at radius 1 is 1.44 bits per heavy atom. The van der Waals surface area contributed by atoms with Gasteiger partial charge in [-0.1, -0.05) is 19.1 Å². The lowest BCUT2D eigenvalue weighted by molar-refractivity contribution is 0.0565. The molecule has 1 aromatic rings.